The third-order valence-corrected chi connectivity index (χ3v) is 4.23. The number of carbonyl (C=O) groups is 2. The molecule has 0 saturated carbocycles. The predicted octanol–water partition coefficient (Wildman–Crippen LogP) is 3.49. The quantitative estimate of drug-likeness (QED) is 0.463. The summed E-state index contributed by atoms with van der Waals surface area (Å²) in [5, 5.41) is 5.71. The lowest BCUT2D eigenvalue weighted by atomic mass is 10.1. The van der Waals surface area contributed by atoms with Crippen molar-refractivity contribution < 1.29 is 14.3 Å². The van der Waals surface area contributed by atoms with Gasteiger partial charge in [0.15, 0.2) is 5.11 Å². The van der Waals surface area contributed by atoms with Gasteiger partial charge in [-0.05, 0) is 53.7 Å². The van der Waals surface area contributed by atoms with Gasteiger partial charge in [-0.15, -0.1) is 0 Å². The van der Waals surface area contributed by atoms with Gasteiger partial charge in [-0.2, -0.15) is 0 Å². The van der Waals surface area contributed by atoms with Crippen LogP contribution in [0, 0.1) is 0 Å². The van der Waals surface area contributed by atoms with Crippen molar-refractivity contribution in [2.24, 2.45) is 0 Å². The topological polar surface area (TPSA) is 67.4 Å². The Kier molecular flexibility index (Phi) is 5.56. The highest BCUT2D eigenvalue weighted by molar-refractivity contribution is 7.80. The molecule has 26 heavy (non-hydrogen) atoms. The van der Waals surface area contributed by atoms with Crippen LogP contribution in [0.25, 0.3) is 6.08 Å². The average Bonchev–Trinajstić information content (AvgIpc) is 2.57. The van der Waals surface area contributed by atoms with Crippen molar-refractivity contribution in [3.8, 4) is 5.75 Å². The van der Waals surface area contributed by atoms with E-state index in [9.17, 15) is 9.59 Å². The highest BCUT2D eigenvalue weighted by Gasteiger charge is 2.25. The maximum atomic E-state index is 11.9. The van der Waals surface area contributed by atoms with Crippen LogP contribution >= 0.6 is 35.4 Å². The molecule has 1 fully saturated rings. The zero-order valence-electron chi connectivity index (χ0n) is 13.2. The summed E-state index contributed by atoms with van der Waals surface area (Å²) in [7, 11) is 0. The third-order valence-electron chi connectivity index (χ3n) is 3.49. The summed E-state index contributed by atoms with van der Waals surface area (Å²) in [6.45, 7) is 0.309. The normalized spacial score (nSPS) is 13.9. The van der Waals surface area contributed by atoms with Crippen molar-refractivity contribution in [2.45, 2.75) is 6.61 Å². The van der Waals surface area contributed by atoms with E-state index in [1.54, 1.807) is 30.3 Å². The van der Waals surface area contributed by atoms with Gasteiger partial charge in [0.1, 0.15) is 17.9 Å². The van der Waals surface area contributed by atoms with Crippen LogP contribution in [0.2, 0.25) is 10.0 Å². The summed E-state index contributed by atoms with van der Waals surface area (Å²) >= 11 is 16.9. The van der Waals surface area contributed by atoms with Crippen molar-refractivity contribution in [1.82, 2.24) is 10.6 Å². The first-order chi connectivity index (χ1) is 12.4. The number of carbonyl (C=O) groups excluding carboxylic acids is 2. The smallest absolute Gasteiger partial charge is 0.263 e. The number of nitrogens with one attached hydrogen (secondary N) is 2. The Morgan fingerprint density at radius 1 is 1.04 bits per heavy atom. The second-order valence-electron chi connectivity index (χ2n) is 5.40. The Morgan fingerprint density at radius 3 is 2.42 bits per heavy atom. The minimum atomic E-state index is -0.559. The van der Waals surface area contributed by atoms with Gasteiger partial charge >= 0.3 is 0 Å². The minimum absolute atomic E-state index is 0.0139. The maximum Gasteiger partial charge on any atom is 0.263 e. The first kappa shape index (κ1) is 18.4. The Balaban J connectivity index is 1.75. The molecule has 132 valence electrons. The van der Waals surface area contributed by atoms with Crippen LogP contribution in [0.5, 0.6) is 5.75 Å². The molecular formula is C18H12Cl2N2O3S. The molecule has 0 unspecified atom stereocenters. The molecule has 1 aliphatic heterocycles. The molecule has 2 aromatic carbocycles. The van der Waals surface area contributed by atoms with E-state index in [1.165, 1.54) is 6.08 Å². The lowest BCUT2D eigenvalue weighted by Crippen LogP contribution is -2.51. The van der Waals surface area contributed by atoms with Gasteiger partial charge in [0.2, 0.25) is 0 Å². The Hall–Kier alpha value is -2.41. The van der Waals surface area contributed by atoms with Crippen LogP contribution in [0.1, 0.15) is 11.1 Å². The van der Waals surface area contributed by atoms with E-state index in [4.69, 9.17) is 40.2 Å². The summed E-state index contributed by atoms with van der Waals surface area (Å²) < 4.78 is 5.69. The van der Waals surface area contributed by atoms with Gasteiger partial charge in [0.25, 0.3) is 11.8 Å². The minimum Gasteiger partial charge on any atom is -0.487 e. The molecule has 0 spiro atoms. The van der Waals surface area contributed by atoms with Gasteiger partial charge in [0.05, 0.1) is 5.02 Å². The highest BCUT2D eigenvalue weighted by atomic mass is 35.5. The SMILES string of the molecule is O=C1NC(=S)NC(=O)C1=Cc1ccc(OCc2cccc(Cl)c2)c(Cl)c1. The molecule has 3 rings (SSSR count). The van der Waals surface area contributed by atoms with Gasteiger partial charge in [0, 0.05) is 5.02 Å². The van der Waals surface area contributed by atoms with Crippen LogP contribution < -0.4 is 15.4 Å². The van der Waals surface area contributed by atoms with Gasteiger partial charge in [-0.25, -0.2) is 0 Å². The Labute approximate surface area is 164 Å². The second-order valence-corrected chi connectivity index (χ2v) is 6.66. The lowest BCUT2D eigenvalue weighted by Gasteiger charge is -2.16. The summed E-state index contributed by atoms with van der Waals surface area (Å²) in [4.78, 5) is 23.7. The maximum absolute atomic E-state index is 11.9. The van der Waals surface area contributed by atoms with Crippen molar-refractivity contribution in [3.05, 3.63) is 69.2 Å². The molecule has 0 bridgehead atoms. The number of thiocarbonyl (C=S) groups is 1. The predicted molar refractivity (Wildman–Crippen MR) is 104 cm³/mol. The van der Waals surface area contributed by atoms with Crippen molar-refractivity contribution >= 4 is 58.4 Å². The van der Waals surface area contributed by atoms with Crippen LogP contribution in [-0.4, -0.2) is 16.9 Å². The Morgan fingerprint density at radius 2 is 1.77 bits per heavy atom. The summed E-state index contributed by atoms with van der Waals surface area (Å²) in [6, 6.07) is 12.3. The average molecular weight is 407 g/mol. The molecule has 0 atom stereocenters. The second kappa shape index (κ2) is 7.86. The fraction of sp³-hybridized carbons (Fsp3) is 0.0556. The van der Waals surface area contributed by atoms with E-state index < -0.39 is 11.8 Å². The van der Waals surface area contributed by atoms with Crippen molar-refractivity contribution in [1.29, 1.82) is 0 Å². The van der Waals surface area contributed by atoms with Crippen molar-refractivity contribution in [3.63, 3.8) is 0 Å². The molecule has 8 heteroatoms. The van der Waals surface area contributed by atoms with Crippen LogP contribution in [-0.2, 0) is 16.2 Å². The molecule has 1 saturated heterocycles. The molecule has 0 aliphatic carbocycles. The highest BCUT2D eigenvalue weighted by Crippen LogP contribution is 2.27. The summed E-state index contributed by atoms with van der Waals surface area (Å²) in [5.74, 6) is -0.639. The fourth-order valence-corrected chi connectivity index (χ4v) is 2.93. The van der Waals surface area contributed by atoms with E-state index >= 15 is 0 Å². The molecule has 0 radical (unpaired) electrons. The van der Waals surface area contributed by atoms with Gasteiger partial charge < -0.3 is 4.74 Å². The number of amides is 2. The van der Waals surface area contributed by atoms with Crippen LogP contribution in [0.15, 0.2) is 48.0 Å². The number of hydrogen-bond acceptors (Lipinski definition) is 4. The zero-order valence-corrected chi connectivity index (χ0v) is 15.5. The molecule has 0 aromatic heterocycles. The first-order valence-electron chi connectivity index (χ1n) is 7.47. The van der Waals surface area contributed by atoms with E-state index in [0.29, 0.717) is 28.0 Å². The first-order valence-corrected chi connectivity index (χ1v) is 8.64. The number of benzene rings is 2. The number of hydrogen-bond donors (Lipinski definition) is 2. The summed E-state index contributed by atoms with van der Waals surface area (Å²) in [6.07, 6.45) is 1.43. The van der Waals surface area contributed by atoms with Crippen molar-refractivity contribution in [2.75, 3.05) is 0 Å². The van der Waals surface area contributed by atoms with Gasteiger partial charge in [-0.3, -0.25) is 20.2 Å². The van der Waals surface area contributed by atoms with E-state index in [0.717, 1.165) is 5.56 Å². The molecule has 2 N–H and O–H groups in total. The van der Waals surface area contributed by atoms with Crippen LogP contribution in [0.4, 0.5) is 0 Å². The lowest BCUT2D eigenvalue weighted by molar-refractivity contribution is -0.123. The molecule has 1 aliphatic rings. The molecule has 5 nitrogen and oxygen atoms in total. The molecule has 2 amide bonds. The largest absolute Gasteiger partial charge is 0.487 e. The van der Waals surface area contributed by atoms with Gasteiger partial charge in [-0.1, -0.05) is 41.4 Å². The third kappa shape index (κ3) is 4.40. The molecular weight excluding hydrogens is 395 g/mol. The summed E-state index contributed by atoms with van der Waals surface area (Å²) in [5.41, 5.74) is 1.44. The van der Waals surface area contributed by atoms with E-state index in [2.05, 4.69) is 10.6 Å². The fourth-order valence-electron chi connectivity index (χ4n) is 2.28. The molecule has 2 aromatic rings. The van der Waals surface area contributed by atoms with E-state index in [-0.39, 0.29) is 10.7 Å². The number of ether oxygens (including phenoxy) is 1. The molecule has 1 heterocycles. The number of rotatable bonds is 4. The Bertz CT molecular complexity index is 922. The zero-order chi connectivity index (χ0) is 18.7. The number of halogens is 2. The van der Waals surface area contributed by atoms with E-state index in [1.807, 2.05) is 12.1 Å². The standard InChI is InChI=1S/C18H12Cl2N2O3S/c19-12-3-1-2-11(6-12)9-25-15-5-4-10(8-14(15)20)7-13-16(23)21-18(26)22-17(13)24/h1-8H,9H2,(H2,21,22,23,24,26). The monoisotopic (exact) mass is 406 g/mol. The van der Waals surface area contributed by atoms with Crippen LogP contribution in [0.3, 0.4) is 0 Å².